The number of ether oxygens (including phenoxy) is 1. The second kappa shape index (κ2) is 8.45. The average Bonchev–Trinajstić information content (AvgIpc) is 3.33. The van der Waals surface area contributed by atoms with Crippen LogP contribution in [0.2, 0.25) is 0 Å². The molecule has 150 valence electrons. The molecule has 1 amide bonds. The Balaban J connectivity index is 1.20. The second-order valence-electron chi connectivity index (χ2n) is 8.09. The van der Waals surface area contributed by atoms with Gasteiger partial charge in [-0.2, -0.15) is 5.10 Å². The molecule has 2 aliphatic rings. The van der Waals surface area contributed by atoms with Crippen molar-refractivity contribution in [2.45, 2.75) is 43.8 Å². The molecule has 2 aliphatic heterocycles. The Labute approximate surface area is 166 Å². The Hall–Kier alpha value is -2.18. The van der Waals surface area contributed by atoms with Crippen molar-refractivity contribution in [3.63, 3.8) is 0 Å². The molecule has 28 heavy (non-hydrogen) atoms. The van der Waals surface area contributed by atoms with Crippen molar-refractivity contribution in [3.8, 4) is 0 Å². The summed E-state index contributed by atoms with van der Waals surface area (Å²) < 4.78 is 8.03. The number of likely N-dealkylation sites (tertiary alicyclic amines) is 1. The Morgan fingerprint density at radius 3 is 2.71 bits per heavy atom. The first-order chi connectivity index (χ1) is 13.6. The minimum Gasteiger partial charge on any atom is -0.370 e. The number of piperidine rings is 1. The summed E-state index contributed by atoms with van der Waals surface area (Å²) in [6.45, 7) is 3.88. The smallest absolute Gasteiger partial charge is 0.269 e. The molecule has 6 heteroatoms. The summed E-state index contributed by atoms with van der Waals surface area (Å²) in [6, 6.07) is 12.4. The number of aromatic nitrogens is 2. The van der Waals surface area contributed by atoms with E-state index in [1.54, 1.807) is 24.0 Å². The SMILES string of the molecule is Cn1nccc1C(=O)NCC1CCC2(CCN(CCc3ccccc3)CC2)O1. The van der Waals surface area contributed by atoms with Crippen LogP contribution in [0, 0.1) is 0 Å². The summed E-state index contributed by atoms with van der Waals surface area (Å²) in [4.78, 5) is 14.8. The molecule has 2 fully saturated rings. The van der Waals surface area contributed by atoms with Gasteiger partial charge in [0.2, 0.25) is 0 Å². The number of carbonyl (C=O) groups excluding carboxylic acids is 1. The van der Waals surface area contributed by atoms with Crippen LogP contribution in [0.3, 0.4) is 0 Å². The summed E-state index contributed by atoms with van der Waals surface area (Å²) in [6.07, 6.45) is 7.18. The number of hydrogen-bond acceptors (Lipinski definition) is 4. The van der Waals surface area contributed by atoms with E-state index in [1.807, 2.05) is 0 Å². The van der Waals surface area contributed by atoms with Crippen molar-refractivity contribution >= 4 is 5.91 Å². The summed E-state index contributed by atoms with van der Waals surface area (Å²) in [7, 11) is 1.78. The van der Waals surface area contributed by atoms with Gasteiger partial charge in [0.15, 0.2) is 0 Å². The summed E-state index contributed by atoms with van der Waals surface area (Å²) >= 11 is 0. The molecule has 1 aromatic carbocycles. The fourth-order valence-electron chi connectivity index (χ4n) is 4.42. The van der Waals surface area contributed by atoms with Gasteiger partial charge in [-0.05, 0) is 43.7 Å². The lowest BCUT2D eigenvalue weighted by Crippen LogP contribution is -2.45. The van der Waals surface area contributed by atoms with Crippen molar-refractivity contribution in [1.82, 2.24) is 20.0 Å². The van der Waals surface area contributed by atoms with Crippen LogP contribution in [-0.2, 0) is 18.2 Å². The van der Waals surface area contributed by atoms with E-state index in [2.05, 4.69) is 45.6 Å². The molecular formula is C22H30N4O2. The third kappa shape index (κ3) is 4.45. The zero-order valence-corrected chi connectivity index (χ0v) is 16.6. The van der Waals surface area contributed by atoms with Crippen LogP contribution in [-0.4, -0.2) is 58.5 Å². The van der Waals surface area contributed by atoms with Gasteiger partial charge in [0.25, 0.3) is 5.91 Å². The highest BCUT2D eigenvalue weighted by atomic mass is 16.5. The predicted molar refractivity (Wildman–Crippen MR) is 108 cm³/mol. The lowest BCUT2D eigenvalue weighted by atomic mass is 9.88. The number of aryl methyl sites for hydroxylation is 1. The number of nitrogens with zero attached hydrogens (tertiary/aromatic N) is 3. The van der Waals surface area contributed by atoms with Gasteiger partial charge in [0.1, 0.15) is 5.69 Å². The third-order valence-corrected chi connectivity index (χ3v) is 6.21. The third-order valence-electron chi connectivity index (χ3n) is 6.21. The maximum atomic E-state index is 12.2. The zero-order valence-electron chi connectivity index (χ0n) is 16.6. The molecule has 4 rings (SSSR count). The molecule has 0 saturated carbocycles. The van der Waals surface area contributed by atoms with Crippen LogP contribution in [0.15, 0.2) is 42.6 Å². The molecule has 1 unspecified atom stereocenters. The van der Waals surface area contributed by atoms with E-state index >= 15 is 0 Å². The first kappa shape index (κ1) is 19.2. The standard InChI is InChI=1S/C22H30N4O2/c1-25-20(8-13-24-25)21(27)23-17-19-7-10-22(28-19)11-15-26(16-12-22)14-9-18-5-3-2-4-6-18/h2-6,8,13,19H,7,9-12,14-17H2,1H3,(H,23,27). The predicted octanol–water partition coefficient (Wildman–Crippen LogP) is 2.41. The minimum atomic E-state index is -0.0831. The minimum absolute atomic E-state index is 0.0190. The highest BCUT2D eigenvalue weighted by Crippen LogP contribution is 2.38. The maximum absolute atomic E-state index is 12.2. The van der Waals surface area contributed by atoms with E-state index in [1.165, 1.54) is 5.56 Å². The number of rotatable bonds is 6. The molecule has 1 N–H and O–H groups in total. The molecule has 1 spiro atoms. The topological polar surface area (TPSA) is 59.4 Å². The molecular weight excluding hydrogens is 352 g/mol. The molecule has 6 nitrogen and oxygen atoms in total. The van der Waals surface area contributed by atoms with Gasteiger partial charge in [-0.1, -0.05) is 30.3 Å². The molecule has 0 radical (unpaired) electrons. The van der Waals surface area contributed by atoms with Crippen LogP contribution < -0.4 is 5.32 Å². The fourth-order valence-corrected chi connectivity index (χ4v) is 4.42. The Morgan fingerprint density at radius 1 is 1.21 bits per heavy atom. The molecule has 1 aromatic heterocycles. The van der Waals surface area contributed by atoms with Gasteiger partial charge < -0.3 is 15.0 Å². The van der Waals surface area contributed by atoms with E-state index < -0.39 is 0 Å². The number of amides is 1. The Bertz CT molecular complexity index is 781. The summed E-state index contributed by atoms with van der Waals surface area (Å²) in [5, 5.41) is 7.05. The first-order valence-corrected chi connectivity index (χ1v) is 10.3. The van der Waals surface area contributed by atoms with Crippen molar-refractivity contribution in [2.24, 2.45) is 7.05 Å². The van der Waals surface area contributed by atoms with Crippen LogP contribution in [0.5, 0.6) is 0 Å². The highest BCUT2D eigenvalue weighted by Gasteiger charge is 2.42. The fraction of sp³-hybridized carbons (Fsp3) is 0.545. The molecule has 1 atom stereocenters. The average molecular weight is 383 g/mol. The van der Waals surface area contributed by atoms with Crippen molar-refractivity contribution in [1.29, 1.82) is 0 Å². The second-order valence-corrected chi connectivity index (χ2v) is 8.09. The highest BCUT2D eigenvalue weighted by molar-refractivity contribution is 5.92. The Kier molecular flexibility index (Phi) is 5.78. The van der Waals surface area contributed by atoms with Crippen LogP contribution in [0.4, 0.5) is 0 Å². The first-order valence-electron chi connectivity index (χ1n) is 10.3. The molecule has 2 saturated heterocycles. The van der Waals surface area contributed by atoms with Crippen LogP contribution in [0.25, 0.3) is 0 Å². The lowest BCUT2D eigenvalue weighted by molar-refractivity contribution is -0.0752. The van der Waals surface area contributed by atoms with Gasteiger partial charge in [-0.15, -0.1) is 0 Å². The monoisotopic (exact) mass is 382 g/mol. The van der Waals surface area contributed by atoms with Crippen molar-refractivity contribution in [2.75, 3.05) is 26.2 Å². The van der Waals surface area contributed by atoms with Crippen molar-refractivity contribution < 1.29 is 9.53 Å². The number of hydrogen-bond donors (Lipinski definition) is 1. The van der Waals surface area contributed by atoms with Gasteiger partial charge in [0, 0.05) is 39.4 Å². The zero-order chi connectivity index (χ0) is 19.4. The number of nitrogens with one attached hydrogen (secondary N) is 1. The van der Waals surface area contributed by atoms with E-state index in [9.17, 15) is 4.79 Å². The van der Waals surface area contributed by atoms with Crippen molar-refractivity contribution in [3.05, 3.63) is 53.9 Å². The van der Waals surface area contributed by atoms with E-state index in [0.717, 1.165) is 51.7 Å². The molecule has 2 aromatic rings. The maximum Gasteiger partial charge on any atom is 0.269 e. The van der Waals surface area contributed by atoms with E-state index in [4.69, 9.17) is 4.74 Å². The quantitative estimate of drug-likeness (QED) is 0.834. The van der Waals surface area contributed by atoms with Gasteiger partial charge in [-0.3, -0.25) is 9.48 Å². The normalized spacial score (nSPS) is 21.8. The van der Waals surface area contributed by atoms with Gasteiger partial charge in [-0.25, -0.2) is 0 Å². The summed E-state index contributed by atoms with van der Waals surface area (Å²) in [5.74, 6) is -0.0831. The van der Waals surface area contributed by atoms with E-state index in [-0.39, 0.29) is 17.6 Å². The summed E-state index contributed by atoms with van der Waals surface area (Å²) in [5.41, 5.74) is 2.01. The molecule has 3 heterocycles. The lowest BCUT2D eigenvalue weighted by Gasteiger charge is -2.39. The number of benzene rings is 1. The van der Waals surface area contributed by atoms with Gasteiger partial charge >= 0.3 is 0 Å². The van der Waals surface area contributed by atoms with Crippen LogP contribution in [0.1, 0.15) is 41.7 Å². The van der Waals surface area contributed by atoms with E-state index in [0.29, 0.717) is 12.2 Å². The molecule has 0 bridgehead atoms. The van der Waals surface area contributed by atoms with Crippen LogP contribution >= 0.6 is 0 Å². The Morgan fingerprint density at radius 2 is 2.00 bits per heavy atom. The van der Waals surface area contributed by atoms with Gasteiger partial charge in [0.05, 0.1) is 11.7 Å². The number of carbonyl (C=O) groups is 1. The molecule has 0 aliphatic carbocycles. The largest absolute Gasteiger partial charge is 0.370 e.